The maximum atomic E-state index is 11.4. The van der Waals surface area contributed by atoms with Crippen LogP contribution in [0.1, 0.15) is 34.6 Å². The highest BCUT2D eigenvalue weighted by Crippen LogP contribution is 2.38. The number of ketones is 1. The fraction of sp³-hybridized carbons (Fsp3) is 0.733. The summed E-state index contributed by atoms with van der Waals surface area (Å²) in [6, 6.07) is 0. The summed E-state index contributed by atoms with van der Waals surface area (Å²) in [6.07, 6.45) is 1.46. The first-order valence-corrected chi connectivity index (χ1v) is 9.99. The number of carbonyl (C=O) groups excluding carboxylic acids is 2. The Bertz CT molecular complexity index is 461. The molecule has 120 valence electrons. The molecule has 0 saturated carbocycles. The van der Waals surface area contributed by atoms with Crippen LogP contribution in [0.15, 0.2) is 11.6 Å². The quantitative estimate of drug-likeness (QED) is 0.590. The third-order valence-electron chi connectivity index (χ3n) is 4.16. The molecule has 0 N–H and O–H groups in total. The van der Waals surface area contributed by atoms with Gasteiger partial charge in [0.2, 0.25) is 0 Å². The summed E-state index contributed by atoms with van der Waals surface area (Å²) < 4.78 is 17.0. The molecular formula is C15H26O5Si. The maximum Gasteiger partial charge on any atom is 0.305 e. The van der Waals surface area contributed by atoms with Crippen LogP contribution in [0.5, 0.6) is 0 Å². The van der Waals surface area contributed by atoms with Crippen LogP contribution in [0.2, 0.25) is 18.1 Å². The van der Waals surface area contributed by atoms with Gasteiger partial charge in [-0.15, -0.1) is 0 Å². The SMILES string of the molecule is CC(=O)OC1(CO[Si](C)(C)C(C)(C)C)OCC(=O)C=C1C. The molecule has 0 aromatic heterocycles. The summed E-state index contributed by atoms with van der Waals surface area (Å²) in [6.45, 7) is 13.7. The van der Waals surface area contributed by atoms with Crippen LogP contribution in [0, 0.1) is 0 Å². The van der Waals surface area contributed by atoms with Crippen molar-refractivity contribution < 1.29 is 23.5 Å². The highest BCUT2D eigenvalue weighted by Gasteiger charge is 2.45. The van der Waals surface area contributed by atoms with E-state index in [1.807, 2.05) is 0 Å². The van der Waals surface area contributed by atoms with Gasteiger partial charge in [0.05, 0.1) is 0 Å². The lowest BCUT2D eigenvalue weighted by molar-refractivity contribution is -0.225. The zero-order valence-corrected chi connectivity index (χ0v) is 15.0. The van der Waals surface area contributed by atoms with E-state index in [0.29, 0.717) is 5.57 Å². The van der Waals surface area contributed by atoms with Gasteiger partial charge in [-0.05, 0) is 31.1 Å². The van der Waals surface area contributed by atoms with E-state index in [-0.39, 0.29) is 24.0 Å². The molecule has 0 aliphatic carbocycles. The van der Waals surface area contributed by atoms with E-state index in [2.05, 4.69) is 33.9 Å². The van der Waals surface area contributed by atoms with Gasteiger partial charge >= 0.3 is 5.97 Å². The number of rotatable bonds is 4. The normalized spacial score (nSPS) is 23.8. The van der Waals surface area contributed by atoms with Crippen molar-refractivity contribution in [3.63, 3.8) is 0 Å². The average molecular weight is 314 g/mol. The van der Waals surface area contributed by atoms with E-state index in [1.54, 1.807) is 6.92 Å². The van der Waals surface area contributed by atoms with E-state index < -0.39 is 20.1 Å². The Morgan fingerprint density at radius 3 is 2.43 bits per heavy atom. The predicted molar refractivity (Wildman–Crippen MR) is 82.4 cm³/mol. The van der Waals surface area contributed by atoms with Gasteiger partial charge in [-0.3, -0.25) is 9.59 Å². The van der Waals surface area contributed by atoms with Gasteiger partial charge in [0, 0.05) is 12.5 Å². The summed E-state index contributed by atoms with van der Waals surface area (Å²) >= 11 is 0. The molecule has 0 aromatic rings. The molecular weight excluding hydrogens is 288 g/mol. The van der Waals surface area contributed by atoms with E-state index in [1.165, 1.54) is 13.0 Å². The number of hydrogen-bond donors (Lipinski definition) is 0. The first-order chi connectivity index (χ1) is 9.40. The van der Waals surface area contributed by atoms with Gasteiger partial charge in [0.25, 0.3) is 5.79 Å². The van der Waals surface area contributed by atoms with Gasteiger partial charge in [0.15, 0.2) is 14.1 Å². The molecule has 6 heteroatoms. The lowest BCUT2D eigenvalue weighted by Crippen LogP contribution is -2.51. The summed E-state index contributed by atoms with van der Waals surface area (Å²) in [5.74, 6) is -1.88. The number of carbonyl (C=O) groups is 2. The molecule has 5 nitrogen and oxygen atoms in total. The highest BCUT2D eigenvalue weighted by atomic mass is 28.4. The van der Waals surface area contributed by atoms with Crippen molar-refractivity contribution in [1.29, 1.82) is 0 Å². The summed E-state index contributed by atoms with van der Waals surface area (Å²) in [7, 11) is -2.02. The highest BCUT2D eigenvalue weighted by molar-refractivity contribution is 6.74. The van der Waals surface area contributed by atoms with Crippen LogP contribution in [0.25, 0.3) is 0 Å². The summed E-state index contributed by atoms with van der Waals surface area (Å²) in [5.41, 5.74) is 0.563. The van der Waals surface area contributed by atoms with E-state index in [4.69, 9.17) is 13.9 Å². The molecule has 0 aromatic carbocycles. The first-order valence-electron chi connectivity index (χ1n) is 7.09. The van der Waals surface area contributed by atoms with Crippen molar-refractivity contribution >= 4 is 20.1 Å². The van der Waals surface area contributed by atoms with Crippen LogP contribution in [-0.2, 0) is 23.5 Å². The zero-order chi connectivity index (χ0) is 16.5. The molecule has 0 spiro atoms. The second-order valence-corrected chi connectivity index (χ2v) is 11.8. The monoisotopic (exact) mass is 314 g/mol. The lowest BCUT2D eigenvalue weighted by Gasteiger charge is -2.41. The third kappa shape index (κ3) is 4.25. The minimum absolute atomic E-state index is 0.0342. The first kappa shape index (κ1) is 18.1. The predicted octanol–water partition coefficient (Wildman–Crippen LogP) is 2.81. The van der Waals surface area contributed by atoms with Crippen LogP contribution < -0.4 is 0 Å². The smallest absolute Gasteiger partial charge is 0.305 e. The molecule has 0 saturated heterocycles. The Hall–Kier alpha value is -0.983. The number of hydrogen-bond acceptors (Lipinski definition) is 5. The molecule has 0 fully saturated rings. The molecule has 21 heavy (non-hydrogen) atoms. The van der Waals surface area contributed by atoms with Crippen molar-refractivity contribution in [1.82, 2.24) is 0 Å². The van der Waals surface area contributed by atoms with Crippen LogP contribution in [-0.4, -0.2) is 39.1 Å². The van der Waals surface area contributed by atoms with E-state index in [9.17, 15) is 9.59 Å². The minimum atomic E-state index is -2.02. The lowest BCUT2D eigenvalue weighted by atomic mass is 10.0. The second kappa shape index (κ2) is 6.02. The van der Waals surface area contributed by atoms with E-state index in [0.717, 1.165) is 0 Å². The standard InChI is InChI=1S/C15H26O5Si/c1-11-8-13(17)9-18-15(11,20-12(2)16)10-19-21(6,7)14(3,4)5/h8H,9-10H2,1-7H3. The zero-order valence-electron chi connectivity index (χ0n) is 14.0. The Balaban J connectivity index is 2.99. The third-order valence-corrected chi connectivity index (χ3v) is 8.64. The van der Waals surface area contributed by atoms with Gasteiger partial charge in [-0.25, -0.2) is 0 Å². The van der Waals surface area contributed by atoms with Crippen LogP contribution >= 0.6 is 0 Å². The largest absolute Gasteiger partial charge is 0.427 e. The van der Waals surface area contributed by atoms with Crippen molar-refractivity contribution in [3.05, 3.63) is 11.6 Å². The molecule has 1 atom stereocenters. The van der Waals surface area contributed by atoms with Crippen molar-refractivity contribution in [2.75, 3.05) is 13.2 Å². The molecule has 1 aliphatic heterocycles. The average Bonchev–Trinajstić information content (AvgIpc) is 2.29. The Morgan fingerprint density at radius 1 is 1.43 bits per heavy atom. The van der Waals surface area contributed by atoms with Gasteiger partial charge in [-0.2, -0.15) is 0 Å². The second-order valence-electron chi connectivity index (χ2n) is 6.98. The van der Waals surface area contributed by atoms with Crippen molar-refractivity contribution in [2.45, 2.75) is 58.5 Å². The molecule has 1 rings (SSSR count). The fourth-order valence-corrected chi connectivity index (χ4v) is 2.70. The maximum absolute atomic E-state index is 11.4. The minimum Gasteiger partial charge on any atom is -0.427 e. The Kier molecular flexibility index (Phi) is 5.18. The van der Waals surface area contributed by atoms with Crippen molar-refractivity contribution in [2.24, 2.45) is 0 Å². The van der Waals surface area contributed by atoms with Crippen LogP contribution in [0.4, 0.5) is 0 Å². The molecule has 0 bridgehead atoms. The van der Waals surface area contributed by atoms with Gasteiger partial charge in [-0.1, -0.05) is 20.8 Å². The fourth-order valence-electron chi connectivity index (χ4n) is 1.71. The summed E-state index contributed by atoms with van der Waals surface area (Å²) in [5, 5.41) is 0.0342. The Morgan fingerprint density at radius 2 is 2.00 bits per heavy atom. The van der Waals surface area contributed by atoms with E-state index >= 15 is 0 Å². The van der Waals surface area contributed by atoms with Crippen LogP contribution in [0.3, 0.4) is 0 Å². The molecule has 1 heterocycles. The number of ether oxygens (including phenoxy) is 2. The molecule has 1 unspecified atom stereocenters. The number of esters is 1. The molecule has 1 aliphatic rings. The van der Waals surface area contributed by atoms with Crippen molar-refractivity contribution in [3.8, 4) is 0 Å². The van der Waals surface area contributed by atoms with Gasteiger partial charge < -0.3 is 13.9 Å². The Labute approximate surface area is 127 Å². The van der Waals surface area contributed by atoms with Gasteiger partial charge in [0.1, 0.15) is 13.2 Å². The topological polar surface area (TPSA) is 61.8 Å². The molecule has 0 amide bonds. The summed E-state index contributed by atoms with van der Waals surface area (Å²) in [4.78, 5) is 22.8. The molecule has 0 radical (unpaired) electrons.